The summed E-state index contributed by atoms with van der Waals surface area (Å²) in [5, 5.41) is 100. The molecule has 5 aromatic heterocycles. The van der Waals surface area contributed by atoms with E-state index in [0.29, 0.717) is 5.56 Å². The standard InChI is InChI=1S/C46H46N12O13S/c1-12-26-44-57-32(24(9)71-44)40(66)48-18(3)36(62)58-34(46(10,11)68)41(67)50-20(5)43-56-31(23(8)70-43)39(65)47-17(2)35(61)49-19(4)42-53-28(15-69-42)33-25(13-14-27(51-33)21(6)59)45-54-29(16-72-45)37(63)55-30(22(7)60)38(64)52-26/h12-16,22,30,34,60,68H,2-5H2,1,6-11H3,(H,47,65)(H,48,66)(H,49,61)(H,50,67)(H,52,64)(H,55,63)(H,58,62). The number of Topliss-reactive ketones (excluding diaryl/α,β-unsaturated/α-hetero) is 1. The molecule has 0 radical (unpaired) electrons. The molecule has 9 N–H and O–H groups in total. The lowest BCUT2D eigenvalue weighted by Crippen LogP contribution is -2.41. The van der Waals surface area contributed by atoms with Crippen LogP contribution in [0.25, 0.3) is 39.1 Å². The topological polar surface area (TPSA) is 390 Å². The number of allylic oxidation sites excluding steroid dienone is 1. The third-order valence-corrected chi connectivity index (χ3v) is 10.7. The highest BCUT2D eigenvalue weighted by Gasteiger charge is 2.34. The number of thiazole rings is 1. The maximum Gasteiger partial charge on any atom is 0.245 e. The smallest absolute Gasteiger partial charge is 0.245 e. The molecule has 5 aromatic rings. The Morgan fingerprint density at radius 3 is 1.88 bits per heavy atom. The molecular weight excluding hydrogens is 961 g/mol. The summed E-state index contributed by atoms with van der Waals surface area (Å²) in [6, 6.07) is -0.342. The van der Waals surface area contributed by atoms with E-state index in [-0.39, 0.29) is 91.2 Å². The molecule has 0 aromatic carbocycles. The van der Waals surface area contributed by atoms with E-state index in [1.807, 2.05) is 0 Å². The van der Waals surface area contributed by atoms with E-state index in [1.54, 1.807) is 6.07 Å². The van der Waals surface area contributed by atoms with Gasteiger partial charge in [-0.15, -0.1) is 11.3 Å². The first-order valence-corrected chi connectivity index (χ1v) is 21.8. The maximum atomic E-state index is 12.5. The van der Waals surface area contributed by atoms with Crippen LogP contribution in [0, 0.1) is 13.8 Å². The number of fused-ring (bicyclic) bond motifs is 11. The molecule has 0 saturated carbocycles. The van der Waals surface area contributed by atoms with E-state index in [9.17, 15) is 50.8 Å². The van der Waals surface area contributed by atoms with Crippen LogP contribution in [0.1, 0.15) is 91.4 Å². The molecule has 3 atom stereocenters. The Kier molecular flexibility index (Phi) is 15.2. The summed E-state index contributed by atoms with van der Waals surface area (Å²) in [5.41, 5.74) is -3.91. The average Bonchev–Trinajstić information content (AvgIpc) is 4.15. The van der Waals surface area contributed by atoms with Crippen LogP contribution in [-0.2, 0) is 0 Å². The lowest BCUT2D eigenvalue weighted by Gasteiger charge is -2.24. The van der Waals surface area contributed by atoms with Gasteiger partial charge in [0.2, 0.25) is 59.0 Å². The number of hydrogen-bond donors (Lipinski definition) is 9. The molecule has 25 nitrogen and oxygen atoms in total. The van der Waals surface area contributed by atoms with Crippen molar-refractivity contribution in [3.8, 4) is 22.0 Å². The fourth-order valence-electron chi connectivity index (χ4n) is 6.16. The third-order valence-electron chi connectivity index (χ3n) is 9.84. The molecule has 0 saturated heterocycles. The number of aromatic nitrogens is 5. The Hall–Kier alpha value is -9.01. The van der Waals surface area contributed by atoms with Gasteiger partial charge in [0.25, 0.3) is 0 Å². The number of pyridine rings is 1. The molecule has 1 aliphatic rings. The van der Waals surface area contributed by atoms with E-state index in [4.69, 9.17) is 13.3 Å². The number of aliphatic hydroxyl groups excluding tert-OH is 8. The van der Waals surface area contributed by atoms with Crippen LogP contribution >= 0.6 is 11.3 Å². The van der Waals surface area contributed by atoms with Crippen molar-refractivity contribution in [1.29, 1.82) is 0 Å². The number of carbonyl (C=O) groups excluding carboxylic acids is 1. The molecule has 0 fully saturated rings. The molecule has 0 amide bonds. The van der Waals surface area contributed by atoms with Gasteiger partial charge in [-0.3, -0.25) is 4.79 Å². The van der Waals surface area contributed by atoms with Gasteiger partial charge in [-0.25, -0.2) is 59.9 Å². The van der Waals surface area contributed by atoms with Crippen LogP contribution in [0.3, 0.4) is 0 Å². The zero-order chi connectivity index (χ0) is 53.1. The second-order valence-electron chi connectivity index (χ2n) is 15.9. The van der Waals surface area contributed by atoms with E-state index >= 15 is 0 Å². The minimum Gasteiger partial charge on any atom is -0.495 e. The molecule has 3 unspecified atom stereocenters. The fraction of sp³-hybridized carbons (Fsp3) is 0.239. The molecule has 1 aliphatic heterocycles. The van der Waals surface area contributed by atoms with E-state index < -0.39 is 76.5 Å². The van der Waals surface area contributed by atoms with Crippen molar-refractivity contribution in [2.24, 2.45) is 34.9 Å². The molecular formula is C46H46N12O13S. The van der Waals surface area contributed by atoms with Crippen molar-refractivity contribution in [1.82, 2.24) is 24.9 Å². The van der Waals surface area contributed by atoms with E-state index in [0.717, 1.165) is 11.3 Å². The molecule has 26 heteroatoms. The van der Waals surface area contributed by atoms with Gasteiger partial charge in [0.15, 0.2) is 29.3 Å². The lowest BCUT2D eigenvalue weighted by atomic mass is 9.99. The predicted molar refractivity (Wildman–Crippen MR) is 267 cm³/mol. The van der Waals surface area contributed by atoms with Gasteiger partial charge in [0.1, 0.15) is 74.1 Å². The number of nitrogens with zero attached hydrogens (tertiary/aromatic N) is 12. The number of oxazole rings is 3. The largest absolute Gasteiger partial charge is 0.495 e. The molecule has 6 heterocycles. The highest BCUT2D eigenvalue weighted by atomic mass is 32.1. The lowest BCUT2D eigenvalue weighted by molar-refractivity contribution is 0.0681. The minimum atomic E-state index is -1.94. The van der Waals surface area contributed by atoms with Gasteiger partial charge >= 0.3 is 0 Å². The van der Waals surface area contributed by atoms with Crippen molar-refractivity contribution < 1.29 is 64.0 Å². The number of carbonyl (C=O) groups is 1. The van der Waals surface area contributed by atoms with Crippen molar-refractivity contribution >= 4 is 75.5 Å². The minimum absolute atomic E-state index is 0.0299. The Labute approximate surface area is 411 Å². The van der Waals surface area contributed by atoms with Crippen LogP contribution in [0.4, 0.5) is 0 Å². The Morgan fingerprint density at radius 2 is 1.28 bits per heavy atom. The molecule has 72 heavy (non-hydrogen) atoms. The van der Waals surface area contributed by atoms with Crippen LogP contribution in [0.2, 0.25) is 0 Å². The highest BCUT2D eigenvalue weighted by molar-refractivity contribution is 7.13. The quantitative estimate of drug-likeness (QED) is 0.0819. The van der Waals surface area contributed by atoms with Gasteiger partial charge in [-0.05, 0) is 53.7 Å². The summed E-state index contributed by atoms with van der Waals surface area (Å²) >= 11 is 1.03. The van der Waals surface area contributed by atoms with Gasteiger partial charge < -0.3 is 59.2 Å². The molecule has 0 spiro atoms. The fourth-order valence-corrected chi connectivity index (χ4v) is 6.99. The summed E-state index contributed by atoms with van der Waals surface area (Å²) in [7, 11) is 0. The number of rotatable bonds is 3. The predicted octanol–water partition coefficient (Wildman–Crippen LogP) is 7.03. The first-order valence-electron chi connectivity index (χ1n) is 20.9. The van der Waals surface area contributed by atoms with E-state index in [2.05, 4.69) is 86.2 Å². The summed E-state index contributed by atoms with van der Waals surface area (Å²) < 4.78 is 16.9. The number of aliphatic imine (C=N–C) groups is 7. The van der Waals surface area contributed by atoms with Crippen molar-refractivity contribution in [2.75, 3.05) is 0 Å². The highest BCUT2D eigenvalue weighted by Crippen LogP contribution is 2.34. The number of hydrogen-bond acceptors (Lipinski definition) is 19. The third kappa shape index (κ3) is 11.5. The van der Waals surface area contributed by atoms with Gasteiger partial charge in [-0.2, -0.15) is 0 Å². The van der Waals surface area contributed by atoms with Crippen molar-refractivity contribution in [3.63, 3.8) is 0 Å². The van der Waals surface area contributed by atoms with Gasteiger partial charge in [0, 0.05) is 17.9 Å². The van der Waals surface area contributed by atoms with Gasteiger partial charge in [0.05, 0.1) is 11.7 Å². The first kappa shape index (κ1) is 52.4. The monoisotopic (exact) mass is 1010 g/mol. The molecule has 0 aliphatic carbocycles. The second-order valence-corrected chi connectivity index (χ2v) is 16.8. The average molecular weight is 1010 g/mol. The SMILES string of the molecule is C=C1N=C(O)c2nc(oc2C)C(=C)N=C(O)C(C(C)(C)O)N=C(O)C(=C)N=C(O)c2nc(oc2C)C(=CC)N=C(O)C(C(C)O)N=C(O)c2csc(n2)-c2ccc(C(C)=O)nc2-c2coc(n2)C(=C)N=C1O. The maximum absolute atomic E-state index is 12.5. The van der Waals surface area contributed by atoms with E-state index in [1.165, 1.54) is 72.3 Å². The van der Waals surface area contributed by atoms with Crippen LogP contribution in [0.5, 0.6) is 0 Å². The normalized spacial score (nSPS) is 18.3. The van der Waals surface area contributed by atoms with Crippen LogP contribution in [0.15, 0.2) is 116 Å². The Morgan fingerprint density at radius 1 is 0.694 bits per heavy atom. The summed E-state index contributed by atoms with van der Waals surface area (Å²) in [6.45, 7) is 24.1. The van der Waals surface area contributed by atoms with Crippen LogP contribution < -0.4 is 0 Å². The zero-order valence-electron chi connectivity index (χ0n) is 39.4. The second kappa shape index (κ2) is 20.9. The number of aryl methyl sites for hydroxylation is 2. The Bertz CT molecular complexity index is 3300. The molecule has 374 valence electrons. The summed E-state index contributed by atoms with van der Waals surface area (Å²) in [6.07, 6.45) is 1.09. The summed E-state index contributed by atoms with van der Waals surface area (Å²) in [4.78, 5) is 61.9. The van der Waals surface area contributed by atoms with Crippen molar-refractivity contribution in [2.45, 2.75) is 72.3 Å². The number of ketones is 1. The molecule has 8 bridgehead atoms. The number of aliphatic hydroxyl groups is 9. The summed E-state index contributed by atoms with van der Waals surface area (Å²) in [5.74, 6) is -7.27. The first-order chi connectivity index (χ1) is 33.8. The van der Waals surface area contributed by atoms with Crippen LogP contribution in [-0.4, -0.2) is 142 Å². The van der Waals surface area contributed by atoms with Crippen molar-refractivity contribution in [3.05, 3.63) is 120 Å². The molecule has 6 rings (SSSR count). The Balaban J connectivity index is 1.47. The zero-order valence-corrected chi connectivity index (χ0v) is 40.2. The van der Waals surface area contributed by atoms with Gasteiger partial charge in [-0.1, -0.05) is 32.4 Å².